The Labute approximate surface area is 134 Å². The van der Waals surface area contributed by atoms with Crippen LogP contribution in [-0.4, -0.2) is 33.5 Å². The van der Waals surface area contributed by atoms with Gasteiger partial charge < -0.3 is 9.64 Å². The number of rotatable bonds is 2. The number of ether oxygens (including phenoxy) is 1. The number of hydrogen-bond donors (Lipinski definition) is 0. The smallest absolute Gasteiger partial charge is 0.295 e. The predicted octanol–water partition coefficient (Wildman–Crippen LogP) is 1.38. The molecule has 120 valence electrons. The summed E-state index contributed by atoms with van der Waals surface area (Å²) in [5.74, 6) is 0.165. The first-order chi connectivity index (χ1) is 11.1. The number of amides is 1. The Balaban J connectivity index is 1.86. The highest BCUT2D eigenvalue weighted by Gasteiger charge is 2.24. The lowest BCUT2D eigenvalue weighted by Crippen LogP contribution is -2.32. The van der Waals surface area contributed by atoms with Crippen molar-refractivity contribution in [2.24, 2.45) is 7.05 Å². The molecule has 0 saturated carbocycles. The highest BCUT2D eigenvalue weighted by molar-refractivity contribution is 5.94. The number of fused-ring (bicyclic) bond motifs is 1. The van der Waals surface area contributed by atoms with Crippen molar-refractivity contribution in [3.63, 3.8) is 0 Å². The minimum atomic E-state index is -0.225. The van der Waals surface area contributed by atoms with Gasteiger partial charge in [0, 0.05) is 12.6 Å². The lowest BCUT2D eigenvalue weighted by Gasteiger charge is -2.19. The van der Waals surface area contributed by atoms with Crippen LogP contribution in [-0.2, 0) is 20.0 Å². The van der Waals surface area contributed by atoms with Gasteiger partial charge in [0.15, 0.2) is 0 Å². The molecule has 0 saturated heterocycles. The second-order valence-electron chi connectivity index (χ2n) is 5.56. The largest absolute Gasteiger partial charge is 0.485 e. The van der Waals surface area contributed by atoms with Gasteiger partial charge in [-0.2, -0.15) is 0 Å². The highest BCUT2D eigenvalue weighted by Crippen LogP contribution is 2.18. The Kier molecular flexibility index (Phi) is 4.14. The first-order valence-corrected chi connectivity index (χ1v) is 7.65. The van der Waals surface area contributed by atoms with E-state index in [0.29, 0.717) is 17.8 Å². The summed E-state index contributed by atoms with van der Waals surface area (Å²) in [5.41, 5.74) is 2.10. The van der Waals surface area contributed by atoms with Crippen LogP contribution in [0, 0.1) is 0 Å². The zero-order chi connectivity index (χ0) is 16.4. The minimum absolute atomic E-state index is 0.0772. The van der Waals surface area contributed by atoms with E-state index in [9.17, 15) is 9.59 Å². The quantitative estimate of drug-likeness (QED) is 0.840. The average molecular weight is 313 g/mol. The fraction of sp³-hybridized carbons (Fsp3) is 0.353. The third-order valence-electron chi connectivity index (χ3n) is 4.01. The lowest BCUT2D eigenvalue weighted by atomic mass is 10.1. The van der Waals surface area contributed by atoms with Crippen LogP contribution in [0.1, 0.15) is 28.5 Å². The average Bonchev–Trinajstić information content (AvgIpc) is 2.80. The normalized spacial score (nSPS) is 13.9. The van der Waals surface area contributed by atoms with Crippen molar-refractivity contribution in [1.82, 2.24) is 14.5 Å². The standard InChI is InChI=1S/C17H19N3O3/c1-3-12-4-6-13(7-5-12)16(21)20-8-9-23-15-14(10-20)18-11-19(2)17(15)22/h4-7,11H,3,8-10H2,1-2H3. The maximum Gasteiger partial charge on any atom is 0.295 e. The molecule has 1 aromatic carbocycles. The van der Waals surface area contributed by atoms with Gasteiger partial charge in [-0.3, -0.25) is 14.2 Å². The molecule has 0 bridgehead atoms. The summed E-state index contributed by atoms with van der Waals surface area (Å²) < 4.78 is 6.90. The van der Waals surface area contributed by atoms with Crippen molar-refractivity contribution in [3.8, 4) is 5.75 Å². The summed E-state index contributed by atoms with van der Waals surface area (Å²) in [7, 11) is 1.63. The molecule has 6 heteroatoms. The number of nitrogens with zero attached hydrogens (tertiary/aromatic N) is 3. The van der Waals surface area contributed by atoms with Crippen LogP contribution in [0.3, 0.4) is 0 Å². The van der Waals surface area contributed by atoms with Gasteiger partial charge in [-0.25, -0.2) is 4.98 Å². The van der Waals surface area contributed by atoms with E-state index < -0.39 is 0 Å². The van der Waals surface area contributed by atoms with E-state index in [4.69, 9.17) is 4.74 Å². The van der Waals surface area contributed by atoms with Gasteiger partial charge >= 0.3 is 0 Å². The van der Waals surface area contributed by atoms with E-state index in [0.717, 1.165) is 6.42 Å². The fourth-order valence-corrected chi connectivity index (χ4v) is 2.57. The Hall–Kier alpha value is -2.63. The predicted molar refractivity (Wildman–Crippen MR) is 85.5 cm³/mol. The van der Waals surface area contributed by atoms with Gasteiger partial charge in [0.25, 0.3) is 11.5 Å². The molecule has 6 nitrogen and oxygen atoms in total. The monoisotopic (exact) mass is 313 g/mol. The number of carbonyl (C=O) groups excluding carboxylic acids is 1. The van der Waals surface area contributed by atoms with E-state index in [1.54, 1.807) is 11.9 Å². The Morgan fingerprint density at radius 2 is 2.04 bits per heavy atom. The molecule has 0 unspecified atom stereocenters. The summed E-state index contributed by atoms with van der Waals surface area (Å²) in [5, 5.41) is 0. The molecule has 0 radical (unpaired) electrons. The number of aryl methyl sites for hydroxylation is 2. The number of hydrogen-bond acceptors (Lipinski definition) is 4. The van der Waals surface area contributed by atoms with E-state index in [-0.39, 0.29) is 30.4 Å². The van der Waals surface area contributed by atoms with Crippen molar-refractivity contribution >= 4 is 5.91 Å². The van der Waals surface area contributed by atoms with Crippen molar-refractivity contribution in [1.29, 1.82) is 0 Å². The first-order valence-electron chi connectivity index (χ1n) is 7.65. The molecule has 1 aromatic heterocycles. The lowest BCUT2D eigenvalue weighted by molar-refractivity contribution is 0.0732. The van der Waals surface area contributed by atoms with Crippen LogP contribution in [0.4, 0.5) is 0 Å². The molecule has 1 aliphatic rings. The van der Waals surface area contributed by atoms with E-state index >= 15 is 0 Å². The molecule has 1 aliphatic heterocycles. The Morgan fingerprint density at radius 1 is 1.30 bits per heavy atom. The molecule has 0 atom stereocenters. The van der Waals surface area contributed by atoms with E-state index in [2.05, 4.69) is 11.9 Å². The van der Waals surface area contributed by atoms with Gasteiger partial charge in [0.2, 0.25) is 5.75 Å². The van der Waals surface area contributed by atoms with Crippen LogP contribution in [0.15, 0.2) is 35.4 Å². The summed E-state index contributed by atoms with van der Waals surface area (Å²) in [6.07, 6.45) is 2.39. The fourth-order valence-electron chi connectivity index (χ4n) is 2.57. The molecular weight excluding hydrogens is 294 g/mol. The van der Waals surface area contributed by atoms with Crippen LogP contribution in [0.25, 0.3) is 0 Å². The first kappa shape index (κ1) is 15.3. The highest BCUT2D eigenvalue weighted by atomic mass is 16.5. The third-order valence-corrected chi connectivity index (χ3v) is 4.01. The van der Waals surface area contributed by atoms with Crippen LogP contribution >= 0.6 is 0 Å². The molecule has 1 amide bonds. The van der Waals surface area contributed by atoms with Crippen LogP contribution in [0.2, 0.25) is 0 Å². The van der Waals surface area contributed by atoms with Gasteiger partial charge in [-0.15, -0.1) is 0 Å². The van der Waals surface area contributed by atoms with Gasteiger partial charge in [0.05, 0.1) is 19.4 Å². The van der Waals surface area contributed by atoms with Crippen LogP contribution < -0.4 is 10.3 Å². The van der Waals surface area contributed by atoms with Crippen molar-refractivity contribution < 1.29 is 9.53 Å². The zero-order valence-electron chi connectivity index (χ0n) is 13.3. The Bertz CT molecular complexity index is 781. The number of carbonyl (C=O) groups is 1. The second-order valence-corrected chi connectivity index (χ2v) is 5.56. The van der Waals surface area contributed by atoms with Gasteiger partial charge in [-0.1, -0.05) is 19.1 Å². The second kappa shape index (κ2) is 6.24. The van der Waals surface area contributed by atoms with E-state index in [1.165, 1.54) is 16.5 Å². The molecule has 0 fully saturated rings. The summed E-state index contributed by atoms with van der Waals surface area (Å²) in [4.78, 5) is 30.7. The maximum absolute atomic E-state index is 12.7. The molecule has 0 N–H and O–H groups in total. The number of aromatic nitrogens is 2. The zero-order valence-corrected chi connectivity index (χ0v) is 13.3. The van der Waals surface area contributed by atoms with Gasteiger partial charge in [-0.05, 0) is 24.1 Å². The molecule has 2 aromatic rings. The van der Waals surface area contributed by atoms with Crippen molar-refractivity contribution in [2.45, 2.75) is 19.9 Å². The third kappa shape index (κ3) is 2.97. The van der Waals surface area contributed by atoms with Crippen molar-refractivity contribution in [3.05, 3.63) is 57.8 Å². The maximum atomic E-state index is 12.7. The molecule has 23 heavy (non-hydrogen) atoms. The molecule has 3 rings (SSSR count). The summed E-state index contributed by atoms with van der Waals surface area (Å²) in [6.45, 7) is 3.06. The molecule has 0 spiro atoms. The van der Waals surface area contributed by atoms with Gasteiger partial charge in [0.1, 0.15) is 12.3 Å². The summed E-state index contributed by atoms with van der Waals surface area (Å²) in [6, 6.07) is 7.60. The molecule has 0 aliphatic carbocycles. The van der Waals surface area contributed by atoms with Crippen LogP contribution in [0.5, 0.6) is 5.75 Å². The topological polar surface area (TPSA) is 64.4 Å². The van der Waals surface area contributed by atoms with E-state index in [1.807, 2.05) is 24.3 Å². The van der Waals surface area contributed by atoms with Crippen molar-refractivity contribution in [2.75, 3.05) is 13.2 Å². The summed E-state index contributed by atoms with van der Waals surface area (Å²) >= 11 is 0. The number of benzene rings is 1. The minimum Gasteiger partial charge on any atom is -0.485 e. The Morgan fingerprint density at radius 3 is 2.74 bits per heavy atom. The molecule has 2 heterocycles. The SMILES string of the molecule is CCc1ccc(C(=O)N2CCOc3c(ncn(C)c3=O)C2)cc1. The molecular formula is C17H19N3O3.